The number of sulfone groups is 1. The predicted molar refractivity (Wildman–Crippen MR) is 39.0 cm³/mol. The summed E-state index contributed by atoms with van der Waals surface area (Å²) in [4.78, 5) is 0. The lowest BCUT2D eigenvalue weighted by atomic mass is 10.5. The third-order valence-electron chi connectivity index (χ3n) is 1.28. The first kappa shape index (κ1) is 11.7. The molecule has 0 unspecified atom stereocenters. The summed E-state index contributed by atoms with van der Waals surface area (Å²) in [5.74, 6) is -0.848. The van der Waals surface area contributed by atoms with Crippen LogP contribution in [0.15, 0.2) is 0 Å². The van der Waals surface area contributed by atoms with Crippen LogP contribution in [-0.2, 0) is 9.84 Å². The maximum absolute atomic E-state index is 11.6. The number of hydrogen-bond donors (Lipinski definition) is 0. The number of halogens is 3. The smallest absolute Gasteiger partial charge is 0.228 e. The maximum atomic E-state index is 11.6. The summed E-state index contributed by atoms with van der Waals surface area (Å²) < 4.78 is 56.4. The highest BCUT2D eigenvalue weighted by Crippen LogP contribution is 2.22. The largest absolute Gasteiger partial charge is 0.390 e. The maximum Gasteiger partial charge on any atom is 0.390 e. The molecule has 0 spiro atoms. The summed E-state index contributed by atoms with van der Waals surface area (Å²) in [6.45, 7) is 2.57. The molecule has 0 N–H and O–H groups in total. The quantitative estimate of drug-likeness (QED) is 0.702. The Balaban J connectivity index is 4.12. The van der Waals surface area contributed by atoms with Gasteiger partial charge in [-0.05, 0) is 13.8 Å². The van der Waals surface area contributed by atoms with E-state index in [0.717, 1.165) is 0 Å². The molecule has 6 heteroatoms. The van der Waals surface area contributed by atoms with E-state index in [2.05, 4.69) is 0 Å². The summed E-state index contributed by atoms with van der Waals surface area (Å²) in [5.41, 5.74) is 0. The second kappa shape index (κ2) is 3.64. The van der Waals surface area contributed by atoms with Gasteiger partial charge in [-0.3, -0.25) is 0 Å². The Bertz CT molecular complexity index is 228. The zero-order valence-corrected chi connectivity index (χ0v) is 7.59. The van der Waals surface area contributed by atoms with E-state index in [-0.39, 0.29) is 5.25 Å². The van der Waals surface area contributed by atoms with Gasteiger partial charge in [-0.25, -0.2) is 8.42 Å². The van der Waals surface area contributed by atoms with Crippen molar-refractivity contribution in [2.75, 3.05) is 5.75 Å². The second-order valence-electron chi connectivity index (χ2n) is 2.59. The molecule has 0 aliphatic heterocycles. The van der Waals surface area contributed by atoms with Crippen LogP contribution in [0.1, 0.15) is 20.3 Å². The van der Waals surface area contributed by atoms with Gasteiger partial charge in [-0.1, -0.05) is 0 Å². The first-order valence-corrected chi connectivity index (χ1v) is 4.90. The van der Waals surface area contributed by atoms with Gasteiger partial charge in [0.25, 0.3) is 0 Å². The van der Waals surface area contributed by atoms with E-state index in [4.69, 9.17) is 0 Å². The van der Waals surface area contributed by atoms with Crippen molar-refractivity contribution < 1.29 is 21.6 Å². The molecule has 2 nitrogen and oxygen atoms in total. The Labute approximate surface area is 69.7 Å². The fraction of sp³-hybridized carbons (Fsp3) is 0.833. The minimum atomic E-state index is -4.40. The van der Waals surface area contributed by atoms with Crippen molar-refractivity contribution in [2.45, 2.75) is 26.4 Å². The third-order valence-corrected chi connectivity index (χ3v) is 3.26. The molecule has 0 saturated heterocycles. The van der Waals surface area contributed by atoms with Crippen LogP contribution in [0.5, 0.6) is 0 Å². The van der Waals surface area contributed by atoms with Gasteiger partial charge < -0.3 is 0 Å². The van der Waals surface area contributed by atoms with Crippen LogP contribution in [0.4, 0.5) is 13.2 Å². The Morgan fingerprint density at radius 2 is 1.67 bits per heavy atom. The fourth-order valence-corrected chi connectivity index (χ4v) is 1.36. The van der Waals surface area contributed by atoms with Crippen molar-refractivity contribution in [1.82, 2.24) is 0 Å². The van der Waals surface area contributed by atoms with Crippen molar-refractivity contribution in [3.63, 3.8) is 0 Å². The summed E-state index contributed by atoms with van der Waals surface area (Å²) in [6, 6.07) is 0. The summed E-state index contributed by atoms with van der Waals surface area (Å²) in [7, 11) is -3.63. The van der Waals surface area contributed by atoms with E-state index in [1.807, 2.05) is 0 Å². The molecular weight excluding hydrogens is 193 g/mol. The van der Waals surface area contributed by atoms with Gasteiger partial charge in [0.1, 0.15) is 0 Å². The molecule has 12 heavy (non-hydrogen) atoms. The highest BCUT2D eigenvalue weighted by Gasteiger charge is 2.30. The molecule has 0 bridgehead atoms. The molecule has 0 aromatic rings. The van der Waals surface area contributed by atoms with E-state index >= 15 is 0 Å². The molecule has 0 saturated carbocycles. The molecule has 0 aromatic heterocycles. The van der Waals surface area contributed by atoms with Crippen molar-refractivity contribution in [3.05, 3.63) is 5.25 Å². The topological polar surface area (TPSA) is 34.1 Å². The van der Waals surface area contributed by atoms with E-state index in [9.17, 15) is 21.6 Å². The normalized spacial score (nSPS) is 13.8. The lowest BCUT2D eigenvalue weighted by Gasteiger charge is -2.08. The van der Waals surface area contributed by atoms with Crippen LogP contribution in [-0.4, -0.2) is 20.3 Å². The highest BCUT2D eigenvalue weighted by atomic mass is 32.2. The Kier molecular flexibility index (Phi) is 3.56. The SMILES string of the molecule is C[C](C)S(=O)(=O)CCC(F)(F)F. The average Bonchev–Trinajstić information content (AvgIpc) is 1.82. The van der Waals surface area contributed by atoms with Crippen molar-refractivity contribution in [2.24, 2.45) is 0 Å². The van der Waals surface area contributed by atoms with E-state index in [0.29, 0.717) is 0 Å². The Hall–Kier alpha value is -0.260. The van der Waals surface area contributed by atoms with Crippen molar-refractivity contribution in [1.29, 1.82) is 0 Å². The Morgan fingerprint density at radius 3 is 1.92 bits per heavy atom. The summed E-state index contributed by atoms with van der Waals surface area (Å²) in [5, 5.41) is 0.0201. The fourth-order valence-electron chi connectivity index (χ4n) is 0.454. The van der Waals surface area contributed by atoms with Crippen LogP contribution < -0.4 is 0 Å². The second-order valence-corrected chi connectivity index (χ2v) is 5.05. The van der Waals surface area contributed by atoms with Crippen molar-refractivity contribution >= 4 is 9.84 Å². The van der Waals surface area contributed by atoms with Crippen molar-refractivity contribution in [3.8, 4) is 0 Å². The molecule has 0 heterocycles. The zero-order chi connectivity index (χ0) is 9.99. The van der Waals surface area contributed by atoms with Gasteiger partial charge in [-0.2, -0.15) is 13.2 Å². The lowest BCUT2D eigenvalue weighted by molar-refractivity contribution is -0.129. The predicted octanol–water partition coefficient (Wildman–Crippen LogP) is 1.93. The standard InChI is InChI=1S/C6H10F3O2S/c1-5(2)12(10,11)4-3-6(7,8)9/h3-4H2,1-2H3. The first-order valence-electron chi connectivity index (χ1n) is 3.25. The first-order chi connectivity index (χ1) is 5.15. The lowest BCUT2D eigenvalue weighted by Crippen LogP contribution is -2.18. The average molecular weight is 203 g/mol. The van der Waals surface area contributed by atoms with Gasteiger partial charge in [0.2, 0.25) is 0 Å². The van der Waals surface area contributed by atoms with E-state index < -0.39 is 28.2 Å². The van der Waals surface area contributed by atoms with Crippen LogP contribution in [0.2, 0.25) is 0 Å². The van der Waals surface area contributed by atoms with E-state index in [1.165, 1.54) is 13.8 Å². The third kappa shape index (κ3) is 4.58. The molecule has 73 valence electrons. The number of hydrogen-bond acceptors (Lipinski definition) is 2. The van der Waals surface area contributed by atoms with Crippen LogP contribution in [0.3, 0.4) is 0 Å². The van der Waals surface area contributed by atoms with Gasteiger partial charge in [0.05, 0.1) is 17.4 Å². The monoisotopic (exact) mass is 203 g/mol. The van der Waals surface area contributed by atoms with Gasteiger partial charge in [0.15, 0.2) is 9.84 Å². The summed E-state index contributed by atoms with van der Waals surface area (Å²) >= 11 is 0. The summed E-state index contributed by atoms with van der Waals surface area (Å²) in [6.07, 6.45) is -5.68. The van der Waals surface area contributed by atoms with Crippen LogP contribution >= 0.6 is 0 Å². The molecule has 0 aliphatic carbocycles. The molecule has 0 aliphatic rings. The van der Waals surface area contributed by atoms with Gasteiger partial charge in [0, 0.05) is 0 Å². The van der Waals surface area contributed by atoms with Crippen LogP contribution in [0.25, 0.3) is 0 Å². The van der Waals surface area contributed by atoms with E-state index in [1.54, 1.807) is 0 Å². The molecule has 0 amide bonds. The minimum absolute atomic E-state index is 0.0201. The molecule has 0 atom stereocenters. The molecule has 0 aromatic carbocycles. The Morgan fingerprint density at radius 1 is 1.25 bits per heavy atom. The number of alkyl halides is 3. The number of rotatable bonds is 3. The molecular formula is C6H10F3O2S. The minimum Gasteiger partial charge on any atom is -0.228 e. The van der Waals surface area contributed by atoms with Gasteiger partial charge >= 0.3 is 6.18 Å². The zero-order valence-electron chi connectivity index (χ0n) is 6.77. The molecule has 0 rings (SSSR count). The molecule has 0 fully saturated rings. The van der Waals surface area contributed by atoms with Crippen LogP contribution in [0, 0.1) is 5.25 Å². The molecule has 1 radical (unpaired) electrons. The van der Waals surface area contributed by atoms with Gasteiger partial charge in [-0.15, -0.1) is 0 Å². The highest BCUT2D eigenvalue weighted by molar-refractivity contribution is 7.94.